The number of para-hydroxylation sites is 1. The Morgan fingerprint density at radius 2 is 1.88 bits per heavy atom. The third-order valence-corrected chi connectivity index (χ3v) is 3.95. The Morgan fingerprint density at radius 3 is 2.38 bits per heavy atom. The number of amides is 1. The number of carbonyl (C=O) groups is 2. The summed E-state index contributed by atoms with van der Waals surface area (Å²) in [6, 6.07) is 9.30. The van der Waals surface area contributed by atoms with Gasteiger partial charge in [0.05, 0.1) is 18.2 Å². The van der Waals surface area contributed by atoms with Crippen molar-refractivity contribution < 1.29 is 19.8 Å². The lowest BCUT2D eigenvalue weighted by Gasteiger charge is -2.10. The molecule has 1 aliphatic carbocycles. The highest BCUT2D eigenvalue weighted by Gasteiger charge is 2.34. The highest BCUT2D eigenvalue weighted by Crippen LogP contribution is 2.33. The summed E-state index contributed by atoms with van der Waals surface area (Å²) in [5, 5.41) is 21.7. The van der Waals surface area contributed by atoms with Crippen LogP contribution < -0.4 is 11.5 Å². The zero-order chi connectivity index (χ0) is 19.3. The predicted molar refractivity (Wildman–Crippen MR) is 93.5 cm³/mol. The number of aliphatic hydroxyl groups is 1. The second-order valence-electron chi connectivity index (χ2n) is 6.20. The highest BCUT2D eigenvalue weighted by atomic mass is 16.4. The minimum atomic E-state index is -0.833. The molecule has 0 spiro atoms. The molecule has 1 heterocycles. The fourth-order valence-corrected chi connectivity index (χ4v) is 2.88. The minimum Gasteiger partial charge on any atom is -0.481 e. The molecule has 2 aromatic rings. The van der Waals surface area contributed by atoms with Crippen molar-refractivity contribution in [1.29, 1.82) is 0 Å². The van der Waals surface area contributed by atoms with E-state index in [1.807, 2.05) is 30.3 Å². The van der Waals surface area contributed by atoms with Gasteiger partial charge in [-0.2, -0.15) is 5.10 Å². The summed E-state index contributed by atoms with van der Waals surface area (Å²) in [5.74, 6) is -0.185. The van der Waals surface area contributed by atoms with Gasteiger partial charge in [-0.3, -0.25) is 9.59 Å². The van der Waals surface area contributed by atoms with Crippen LogP contribution in [0.15, 0.2) is 30.3 Å². The SMILES string of the molecule is CC(=O)O.NC(=O)Cc1nc([C@H]2C[C@@H](N)[C@H](O)C2)n(-c2ccccc2)n1. The van der Waals surface area contributed by atoms with Crippen LogP contribution in [0.2, 0.25) is 0 Å². The monoisotopic (exact) mass is 361 g/mol. The number of carboxylic acids is 1. The van der Waals surface area contributed by atoms with Crippen molar-refractivity contribution >= 4 is 11.9 Å². The first-order valence-corrected chi connectivity index (χ1v) is 8.20. The van der Waals surface area contributed by atoms with Crippen molar-refractivity contribution in [3.8, 4) is 5.69 Å². The molecule has 1 aromatic heterocycles. The van der Waals surface area contributed by atoms with Crippen LogP contribution in [-0.4, -0.2) is 49.0 Å². The van der Waals surface area contributed by atoms with Gasteiger partial charge in [-0.1, -0.05) is 18.2 Å². The molecule has 1 saturated carbocycles. The second-order valence-corrected chi connectivity index (χ2v) is 6.20. The lowest BCUT2D eigenvalue weighted by molar-refractivity contribution is -0.134. The highest BCUT2D eigenvalue weighted by molar-refractivity contribution is 5.75. The zero-order valence-electron chi connectivity index (χ0n) is 14.4. The molecule has 1 fully saturated rings. The fourth-order valence-electron chi connectivity index (χ4n) is 2.88. The average molecular weight is 361 g/mol. The molecule has 0 saturated heterocycles. The molecule has 0 radical (unpaired) electrons. The second kappa shape index (κ2) is 8.54. The first-order chi connectivity index (χ1) is 12.3. The van der Waals surface area contributed by atoms with Crippen molar-refractivity contribution in [2.75, 3.05) is 0 Å². The minimum absolute atomic E-state index is 0.00579. The van der Waals surface area contributed by atoms with Gasteiger partial charge in [-0.15, -0.1) is 0 Å². The van der Waals surface area contributed by atoms with Crippen molar-refractivity contribution in [2.45, 2.75) is 44.2 Å². The van der Waals surface area contributed by atoms with Gasteiger partial charge in [-0.25, -0.2) is 9.67 Å². The van der Waals surface area contributed by atoms with E-state index in [9.17, 15) is 9.90 Å². The quantitative estimate of drug-likeness (QED) is 0.594. The van der Waals surface area contributed by atoms with Gasteiger partial charge in [0.15, 0.2) is 5.82 Å². The Kier molecular flexibility index (Phi) is 6.42. The Morgan fingerprint density at radius 1 is 1.27 bits per heavy atom. The number of nitrogens with two attached hydrogens (primary N) is 2. The summed E-state index contributed by atoms with van der Waals surface area (Å²) >= 11 is 0. The molecule has 1 aliphatic rings. The predicted octanol–water partition coefficient (Wildman–Crippen LogP) is -0.0484. The number of aliphatic hydroxyl groups excluding tert-OH is 1. The van der Waals surface area contributed by atoms with E-state index in [0.29, 0.717) is 18.7 Å². The number of benzene rings is 1. The number of carbonyl (C=O) groups excluding carboxylic acids is 1. The lowest BCUT2D eigenvalue weighted by atomic mass is 10.1. The Balaban J connectivity index is 0.000000552. The zero-order valence-corrected chi connectivity index (χ0v) is 14.4. The molecule has 1 aromatic carbocycles. The van der Waals surface area contributed by atoms with Crippen LogP contribution in [0.3, 0.4) is 0 Å². The van der Waals surface area contributed by atoms with Crippen LogP contribution in [0.4, 0.5) is 0 Å². The van der Waals surface area contributed by atoms with Crippen molar-refractivity contribution in [1.82, 2.24) is 14.8 Å². The number of hydrogen-bond donors (Lipinski definition) is 4. The summed E-state index contributed by atoms with van der Waals surface area (Å²) in [6.07, 6.45) is 0.644. The van der Waals surface area contributed by atoms with Crippen LogP contribution in [0.5, 0.6) is 0 Å². The maximum atomic E-state index is 11.1. The van der Waals surface area contributed by atoms with Crippen molar-refractivity contribution in [3.63, 3.8) is 0 Å². The van der Waals surface area contributed by atoms with Crippen LogP contribution in [0.1, 0.15) is 37.3 Å². The molecule has 0 unspecified atom stereocenters. The van der Waals surface area contributed by atoms with Crippen molar-refractivity contribution in [3.05, 3.63) is 42.0 Å². The third kappa shape index (κ3) is 5.11. The number of aliphatic carboxylic acids is 1. The Bertz CT molecular complexity index is 748. The first-order valence-electron chi connectivity index (χ1n) is 8.20. The average Bonchev–Trinajstić information content (AvgIpc) is 3.11. The maximum absolute atomic E-state index is 11.1. The number of aromatic nitrogens is 3. The van der Waals surface area contributed by atoms with E-state index in [2.05, 4.69) is 10.1 Å². The Labute approximate surface area is 150 Å². The molecular formula is C17H23N5O4. The number of rotatable bonds is 4. The molecule has 1 amide bonds. The number of nitrogens with zero attached hydrogens (tertiary/aromatic N) is 3. The van der Waals surface area contributed by atoms with Gasteiger partial charge in [0.2, 0.25) is 5.91 Å². The molecule has 26 heavy (non-hydrogen) atoms. The van der Waals surface area contributed by atoms with E-state index in [4.69, 9.17) is 21.4 Å². The van der Waals surface area contributed by atoms with Gasteiger partial charge >= 0.3 is 0 Å². The van der Waals surface area contributed by atoms with E-state index in [-0.39, 0.29) is 18.4 Å². The molecule has 0 aliphatic heterocycles. The molecule has 9 nitrogen and oxygen atoms in total. The van der Waals surface area contributed by atoms with Gasteiger partial charge in [0.1, 0.15) is 5.82 Å². The molecule has 3 rings (SSSR count). The molecular weight excluding hydrogens is 338 g/mol. The summed E-state index contributed by atoms with van der Waals surface area (Å²) < 4.78 is 1.72. The number of carboxylic acid groups (broad SMARTS) is 1. The molecule has 140 valence electrons. The first kappa shape index (κ1) is 19.5. The summed E-state index contributed by atoms with van der Waals surface area (Å²) in [6.45, 7) is 1.08. The third-order valence-electron chi connectivity index (χ3n) is 3.95. The summed E-state index contributed by atoms with van der Waals surface area (Å²) in [7, 11) is 0. The summed E-state index contributed by atoms with van der Waals surface area (Å²) in [4.78, 5) is 24.6. The lowest BCUT2D eigenvalue weighted by Crippen LogP contribution is -2.28. The number of primary amides is 1. The maximum Gasteiger partial charge on any atom is 0.300 e. The van der Waals surface area contributed by atoms with Crippen LogP contribution in [-0.2, 0) is 16.0 Å². The van der Waals surface area contributed by atoms with E-state index in [0.717, 1.165) is 18.4 Å². The van der Waals surface area contributed by atoms with E-state index in [1.165, 1.54) is 0 Å². The standard InChI is InChI=1S/C15H19N5O2.C2H4O2/c16-11-6-9(7-12(11)21)15-18-14(8-13(17)22)19-20(15)10-4-2-1-3-5-10;1-2(3)4/h1-5,9,11-12,21H,6-8,16H2,(H2,17,22);1H3,(H,3,4)/t9-,11+,12+;/m0./s1. The van der Waals surface area contributed by atoms with Gasteiger partial charge in [-0.05, 0) is 25.0 Å². The summed E-state index contributed by atoms with van der Waals surface area (Å²) in [5.41, 5.74) is 12.0. The van der Waals surface area contributed by atoms with Crippen LogP contribution >= 0.6 is 0 Å². The Hall–Kier alpha value is -2.78. The molecule has 0 bridgehead atoms. The largest absolute Gasteiger partial charge is 0.481 e. The number of hydrogen-bond acceptors (Lipinski definition) is 6. The van der Waals surface area contributed by atoms with Crippen molar-refractivity contribution in [2.24, 2.45) is 11.5 Å². The van der Waals surface area contributed by atoms with E-state index in [1.54, 1.807) is 4.68 Å². The van der Waals surface area contributed by atoms with Gasteiger partial charge in [0.25, 0.3) is 5.97 Å². The van der Waals surface area contributed by atoms with Crippen LogP contribution in [0, 0.1) is 0 Å². The van der Waals surface area contributed by atoms with Crippen LogP contribution in [0.25, 0.3) is 5.69 Å². The molecule has 3 atom stereocenters. The smallest absolute Gasteiger partial charge is 0.300 e. The molecule has 6 N–H and O–H groups in total. The fraction of sp³-hybridized carbons (Fsp3) is 0.412. The van der Waals surface area contributed by atoms with E-state index < -0.39 is 18.0 Å². The van der Waals surface area contributed by atoms with Gasteiger partial charge < -0.3 is 21.7 Å². The topological polar surface area (TPSA) is 157 Å². The van der Waals surface area contributed by atoms with E-state index >= 15 is 0 Å². The normalized spacial score (nSPS) is 21.7. The van der Waals surface area contributed by atoms with Gasteiger partial charge in [0, 0.05) is 18.9 Å². The molecule has 9 heteroatoms.